The molecule has 0 atom stereocenters. The minimum Gasteiger partial charge on any atom is -0.465 e. The first-order valence-corrected chi connectivity index (χ1v) is 6.76. The van der Waals surface area contributed by atoms with Crippen LogP contribution >= 0.6 is 0 Å². The molecular formula is C17H21NO3. The first-order valence-electron chi connectivity index (χ1n) is 6.76. The van der Waals surface area contributed by atoms with Crippen molar-refractivity contribution in [3.63, 3.8) is 0 Å². The summed E-state index contributed by atoms with van der Waals surface area (Å²) in [5, 5.41) is 3.99. The molecule has 0 spiro atoms. The molecule has 1 aromatic carbocycles. The maximum Gasteiger partial charge on any atom is 0.338 e. The minimum atomic E-state index is -0.362. The van der Waals surface area contributed by atoms with E-state index in [4.69, 9.17) is 9.57 Å². The molecule has 0 saturated heterocycles. The van der Waals surface area contributed by atoms with E-state index >= 15 is 0 Å². The third-order valence-electron chi connectivity index (χ3n) is 2.84. The van der Waals surface area contributed by atoms with Crippen molar-refractivity contribution in [3.05, 3.63) is 53.6 Å². The number of hydrogen-bond acceptors (Lipinski definition) is 4. The zero-order valence-corrected chi connectivity index (χ0v) is 12.9. The van der Waals surface area contributed by atoms with Crippen molar-refractivity contribution in [3.8, 4) is 0 Å². The fourth-order valence-corrected chi connectivity index (χ4v) is 1.88. The number of ether oxygens (including phenoxy) is 1. The van der Waals surface area contributed by atoms with Crippen molar-refractivity contribution in [2.24, 2.45) is 5.16 Å². The van der Waals surface area contributed by atoms with Crippen LogP contribution in [-0.2, 0) is 21.0 Å². The average molecular weight is 287 g/mol. The molecule has 0 aromatic heterocycles. The second-order valence-electron chi connectivity index (χ2n) is 4.36. The third-order valence-corrected chi connectivity index (χ3v) is 2.84. The molecule has 0 fully saturated rings. The summed E-state index contributed by atoms with van der Waals surface area (Å²) in [5.41, 5.74) is 2.99. The number of oxime groups is 1. The van der Waals surface area contributed by atoms with Crippen LogP contribution in [0.2, 0.25) is 0 Å². The number of allylic oxidation sites excluding steroid dienone is 3. The van der Waals surface area contributed by atoms with Crippen molar-refractivity contribution < 1.29 is 14.4 Å². The summed E-state index contributed by atoms with van der Waals surface area (Å²) in [6.07, 6.45) is 5.49. The highest BCUT2D eigenvalue weighted by atomic mass is 16.6. The van der Waals surface area contributed by atoms with Gasteiger partial charge < -0.3 is 9.57 Å². The highest BCUT2D eigenvalue weighted by Crippen LogP contribution is 2.21. The van der Waals surface area contributed by atoms with Gasteiger partial charge in [0.2, 0.25) is 0 Å². The van der Waals surface area contributed by atoms with Crippen molar-refractivity contribution >= 4 is 17.3 Å². The summed E-state index contributed by atoms with van der Waals surface area (Å²) in [6, 6.07) is 7.55. The van der Waals surface area contributed by atoms with Crippen LogP contribution in [0.15, 0.2) is 47.6 Å². The van der Waals surface area contributed by atoms with E-state index in [1.54, 1.807) is 13.0 Å². The number of carbonyl (C=O) groups is 1. The van der Waals surface area contributed by atoms with Crippen LogP contribution < -0.4 is 0 Å². The Balaban J connectivity index is 2.95. The van der Waals surface area contributed by atoms with Gasteiger partial charge in [-0.2, -0.15) is 0 Å². The summed E-state index contributed by atoms with van der Waals surface area (Å²) < 4.78 is 4.80. The van der Waals surface area contributed by atoms with Crippen molar-refractivity contribution in [2.45, 2.75) is 27.4 Å². The van der Waals surface area contributed by atoms with Crippen molar-refractivity contribution in [1.82, 2.24) is 0 Å². The molecule has 0 heterocycles. The molecule has 0 amide bonds. The fraction of sp³-hybridized carbons (Fsp3) is 0.294. The molecule has 1 rings (SSSR count). The van der Waals surface area contributed by atoms with Gasteiger partial charge in [0.25, 0.3) is 0 Å². The van der Waals surface area contributed by atoms with E-state index in [2.05, 4.69) is 5.16 Å². The maximum atomic E-state index is 11.8. The number of nitrogens with zero attached hydrogens (tertiary/aromatic N) is 1. The first kappa shape index (κ1) is 16.7. The Morgan fingerprint density at radius 3 is 2.62 bits per heavy atom. The lowest BCUT2D eigenvalue weighted by atomic mass is 10.00. The minimum absolute atomic E-state index is 0.291. The van der Waals surface area contributed by atoms with Gasteiger partial charge in [-0.15, -0.1) is 0 Å². The smallest absolute Gasteiger partial charge is 0.338 e. The molecule has 0 aliphatic carbocycles. The van der Waals surface area contributed by atoms with Crippen molar-refractivity contribution in [2.75, 3.05) is 7.11 Å². The molecule has 0 aliphatic rings. The third kappa shape index (κ3) is 4.91. The summed E-state index contributed by atoms with van der Waals surface area (Å²) in [6.45, 7) is 5.87. The lowest BCUT2D eigenvalue weighted by Gasteiger charge is -2.10. The van der Waals surface area contributed by atoms with E-state index in [1.807, 2.05) is 50.3 Å². The van der Waals surface area contributed by atoms with E-state index in [1.165, 1.54) is 7.11 Å². The SMILES string of the molecule is C/C=C/C(C)=N/OCc1ccccc1/C(=C\C)C(=O)OC. The Hall–Kier alpha value is -2.36. The molecule has 0 N–H and O–H groups in total. The van der Waals surface area contributed by atoms with Gasteiger partial charge in [-0.1, -0.05) is 41.6 Å². The molecule has 0 unspecified atom stereocenters. The predicted octanol–water partition coefficient (Wildman–Crippen LogP) is 3.73. The van der Waals surface area contributed by atoms with Gasteiger partial charge >= 0.3 is 5.97 Å². The Morgan fingerprint density at radius 1 is 1.29 bits per heavy atom. The van der Waals surface area contributed by atoms with Crippen LogP contribution in [0.5, 0.6) is 0 Å². The Labute approximate surface area is 125 Å². The molecule has 1 aromatic rings. The number of esters is 1. The number of benzene rings is 1. The highest BCUT2D eigenvalue weighted by molar-refractivity contribution is 6.16. The standard InChI is InChI=1S/C17H21NO3/c1-5-9-13(3)18-21-12-14-10-7-8-11-16(14)15(6-2)17(19)20-4/h5-11H,12H2,1-4H3/b9-5+,15-6+,18-13+. The van der Waals surface area contributed by atoms with E-state index < -0.39 is 0 Å². The Morgan fingerprint density at radius 2 is 2.00 bits per heavy atom. The lowest BCUT2D eigenvalue weighted by molar-refractivity contribution is -0.133. The normalized spacial score (nSPS) is 12.6. The number of carbonyl (C=O) groups excluding carboxylic acids is 1. The molecule has 0 aliphatic heterocycles. The summed E-state index contributed by atoms with van der Waals surface area (Å²) in [4.78, 5) is 17.1. The zero-order valence-electron chi connectivity index (χ0n) is 12.9. The topological polar surface area (TPSA) is 47.9 Å². The van der Waals surface area contributed by atoms with Gasteiger partial charge in [-0.25, -0.2) is 4.79 Å². The van der Waals surface area contributed by atoms with E-state index in [9.17, 15) is 4.79 Å². The number of rotatable bonds is 6. The van der Waals surface area contributed by atoms with Gasteiger partial charge in [0, 0.05) is 5.56 Å². The van der Waals surface area contributed by atoms with Crippen LogP contribution in [0.1, 0.15) is 31.9 Å². The van der Waals surface area contributed by atoms with Gasteiger partial charge in [-0.05, 0) is 32.4 Å². The Kier molecular flexibility index (Phi) is 6.95. The number of methoxy groups -OCH3 is 1. The van der Waals surface area contributed by atoms with Crippen LogP contribution in [0.25, 0.3) is 5.57 Å². The van der Waals surface area contributed by atoms with Crippen LogP contribution in [0.3, 0.4) is 0 Å². The Bertz CT molecular complexity index is 571. The quantitative estimate of drug-likeness (QED) is 0.346. The van der Waals surface area contributed by atoms with Gasteiger partial charge in [-0.3, -0.25) is 0 Å². The lowest BCUT2D eigenvalue weighted by Crippen LogP contribution is -2.06. The largest absolute Gasteiger partial charge is 0.465 e. The van der Waals surface area contributed by atoms with Crippen molar-refractivity contribution in [1.29, 1.82) is 0 Å². The molecule has 4 heteroatoms. The fourth-order valence-electron chi connectivity index (χ4n) is 1.88. The summed E-state index contributed by atoms with van der Waals surface area (Å²) >= 11 is 0. The maximum absolute atomic E-state index is 11.8. The molecule has 0 radical (unpaired) electrons. The summed E-state index contributed by atoms with van der Waals surface area (Å²) in [5.74, 6) is -0.362. The number of hydrogen-bond donors (Lipinski definition) is 0. The highest BCUT2D eigenvalue weighted by Gasteiger charge is 2.14. The van der Waals surface area contributed by atoms with Crippen LogP contribution in [-0.4, -0.2) is 18.8 Å². The van der Waals surface area contributed by atoms with Gasteiger partial charge in [0.05, 0.1) is 18.4 Å². The molecule has 4 nitrogen and oxygen atoms in total. The first-order chi connectivity index (χ1) is 10.1. The average Bonchev–Trinajstić information content (AvgIpc) is 2.49. The summed E-state index contributed by atoms with van der Waals surface area (Å²) in [7, 11) is 1.37. The zero-order chi connectivity index (χ0) is 15.7. The monoisotopic (exact) mass is 287 g/mol. The van der Waals surface area contributed by atoms with Gasteiger partial charge in [0.15, 0.2) is 0 Å². The molecule has 0 saturated carbocycles. The van der Waals surface area contributed by atoms with E-state index in [0.29, 0.717) is 12.2 Å². The van der Waals surface area contributed by atoms with E-state index in [-0.39, 0.29) is 5.97 Å². The second kappa shape index (κ2) is 8.74. The molecule has 21 heavy (non-hydrogen) atoms. The van der Waals surface area contributed by atoms with Crippen LogP contribution in [0.4, 0.5) is 0 Å². The van der Waals surface area contributed by atoms with Gasteiger partial charge in [0.1, 0.15) is 6.61 Å². The molecular weight excluding hydrogens is 266 g/mol. The van der Waals surface area contributed by atoms with Crippen LogP contribution in [0, 0.1) is 0 Å². The molecule has 112 valence electrons. The predicted molar refractivity (Wildman–Crippen MR) is 84.8 cm³/mol. The van der Waals surface area contributed by atoms with E-state index in [0.717, 1.165) is 16.8 Å². The molecule has 0 bridgehead atoms. The second-order valence-corrected chi connectivity index (χ2v) is 4.36.